The fourth-order valence-electron chi connectivity index (χ4n) is 1.68. The zero-order chi connectivity index (χ0) is 15.1. The molecule has 0 aliphatic heterocycles. The molecule has 6 heteroatoms. The van der Waals surface area contributed by atoms with Gasteiger partial charge in [0.1, 0.15) is 0 Å². The number of carbonyl (C=O) groups excluding carboxylic acids is 2. The van der Waals surface area contributed by atoms with Gasteiger partial charge in [-0.2, -0.15) is 11.8 Å². The van der Waals surface area contributed by atoms with E-state index in [9.17, 15) is 9.59 Å². The van der Waals surface area contributed by atoms with Crippen LogP contribution in [0.3, 0.4) is 0 Å². The van der Waals surface area contributed by atoms with E-state index in [0.717, 1.165) is 17.0 Å². The Morgan fingerprint density at radius 2 is 2.05 bits per heavy atom. The lowest BCUT2D eigenvalue weighted by Gasteiger charge is -2.13. The summed E-state index contributed by atoms with van der Waals surface area (Å²) in [6, 6.07) is 4.82. The van der Waals surface area contributed by atoms with Crippen molar-refractivity contribution in [2.45, 2.75) is 26.3 Å². The van der Waals surface area contributed by atoms with Crippen molar-refractivity contribution < 1.29 is 9.59 Å². The minimum Gasteiger partial charge on any atom is -0.326 e. The van der Waals surface area contributed by atoms with Crippen molar-refractivity contribution in [1.29, 1.82) is 0 Å². The van der Waals surface area contributed by atoms with Crippen molar-refractivity contribution in [3.05, 3.63) is 23.8 Å². The Kier molecular flexibility index (Phi) is 6.54. The van der Waals surface area contributed by atoms with Gasteiger partial charge in [0, 0.05) is 18.3 Å². The van der Waals surface area contributed by atoms with Gasteiger partial charge >= 0.3 is 0 Å². The van der Waals surface area contributed by atoms with E-state index < -0.39 is 6.04 Å². The molecule has 0 heterocycles. The summed E-state index contributed by atoms with van der Waals surface area (Å²) in [5, 5.41) is 5.51. The summed E-state index contributed by atoms with van der Waals surface area (Å²) >= 11 is 1.66. The smallest absolute Gasteiger partial charge is 0.241 e. The van der Waals surface area contributed by atoms with Crippen molar-refractivity contribution >= 4 is 35.0 Å². The van der Waals surface area contributed by atoms with Crippen molar-refractivity contribution in [3.63, 3.8) is 0 Å². The molecule has 110 valence electrons. The number of carbonyl (C=O) groups is 2. The number of thioether (sulfide) groups is 1. The van der Waals surface area contributed by atoms with Crippen LogP contribution < -0.4 is 16.4 Å². The number of hydrogen-bond acceptors (Lipinski definition) is 4. The number of nitrogens with one attached hydrogen (secondary N) is 2. The van der Waals surface area contributed by atoms with E-state index in [1.54, 1.807) is 23.9 Å². The summed E-state index contributed by atoms with van der Waals surface area (Å²) in [6.45, 7) is 3.33. The lowest BCUT2D eigenvalue weighted by Crippen LogP contribution is -2.36. The Balaban J connectivity index is 2.67. The van der Waals surface area contributed by atoms with Crippen LogP contribution in [0.5, 0.6) is 0 Å². The third kappa shape index (κ3) is 5.22. The Morgan fingerprint density at radius 3 is 2.60 bits per heavy atom. The Bertz CT molecular complexity index is 491. The molecule has 1 aromatic rings. The van der Waals surface area contributed by atoms with E-state index in [1.165, 1.54) is 6.92 Å². The lowest BCUT2D eigenvalue weighted by atomic mass is 10.1. The predicted molar refractivity (Wildman–Crippen MR) is 85.1 cm³/mol. The largest absolute Gasteiger partial charge is 0.326 e. The highest BCUT2D eigenvalue weighted by atomic mass is 32.2. The number of aryl methyl sites for hydroxylation is 1. The van der Waals surface area contributed by atoms with Gasteiger partial charge in [0.2, 0.25) is 11.8 Å². The van der Waals surface area contributed by atoms with Crippen LogP contribution in [0, 0.1) is 6.92 Å². The van der Waals surface area contributed by atoms with Crippen molar-refractivity contribution in [2.24, 2.45) is 5.73 Å². The molecule has 0 aromatic heterocycles. The molecule has 0 aliphatic rings. The maximum atomic E-state index is 11.9. The molecule has 2 amide bonds. The summed E-state index contributed by atoms with van der Waals surface area (Å²) in [7, 11) is 0. The highest BCUT2D eigenvalue weighted by Gasteiger charge is 2.13. The minimum absolute atomic E-state index is 0.121. The standard InChI is InChI=1S/C14H21N3O2S/c1-9-8-11(4-5-13(9)16-10(2)18)17-14(19)12(15)6-7-20-3/h4-5,8,12H,6-7,15H2,1-3H3,(H,16,18)(H,17,19)/t12-/m0/s1. The number of hydrogen-bond donors (Lipinski definition) is 3. The molecule has 0 aliphatic carbocycles. The number of benzene rings is 1. The minimum atomic E-state index is -0.502. The molecule has 1 atom stereocenters. The quantitative estimate of drug-likeness (QED) is 0.749. The number of anilines is 2. The highest BCUT2D eigenvalue weighted by Crippen LogP contribution is 2.19. The van der Waals surface area contributed by atoms with E-state index in [-0.39, 0.29) is 11.8 Å². The second kappa shape index (κ2) is 7.91. The summed E-state index contributed by atoms with van der Waals surface area (Å²) in [4.78, 5) is 22.9. The number of amides is 2. The first-order valence-corrected chi connectivity index (χ1v) is 7.77. The van der Waals surface area contributed by atoms with Gasteiger partial charge in [-0.05, 0) is 49.1 Å². The fraction of sp³-hybridized carbons (Fsp3) is 0.429. The Labute approximate surface area is 123 Å². The van der Waals surface area contributed by atoms with Gasteiger partial charge in [0.15, 0.2) is 0 Å². The molecule has 0 spiro atoms. The van der Waals surface area contributed by atoms with E-state index in [1.807, 2.05) is 19.2 Å². The highest BCUT2D eigenvalue weighted by molar-refractivity contribution is 7.98. The van der Waals surface area contributed by atoms with Crippen molar-refractivity contribution in [2.75, 3.05) is 22.6 Å². The third-order valence-electron chi connectivity index (χ3n) is 2.77. The van der Waals surface area contributed by atoms with Crippen LogP contribution in [0.2, 0.25) is 0 Å². The van der Waals surface area contributed by atoms with Crippen LogP contribution in [-0.2, 0) is 9.59 Å². The van der Waals surface area contributed by atoms with E-state index >= 15 is 0 Å². The normalized spacial score (nSPS) is 11.8. The average molecular weight is 295 g/mol. The molecule has 0 fully saturated rings. The van der Waals surface area contributed by atoms with Crippen LogP contribution in [0.25, 0.3) is 0 Å². The van der Waals surface area contributed by atoms with Crippen LogP contribution >= 0.6 is 11.8 Å². The molecule has 5 nitrogen and oxygen atoms in total. The first kappa shape index (κ1) is 16.5. The average Bonchev–Trinajstić information content (AvgIpc) is 2.38. The molecule has 4 N–H and O–H groups in total. The molecule has 1 aromatic carbocycles. The Hall–Kier alpha value is -1.53. The van der Waals surface area contributed by atoms with Crippen molar-refractivity contribution in [1.82, 2.24) is 0 Å². The Morgan fingerprint density at radius 1 is 1.35 bits per heavy atom. The molecule has 20 heavy (non-hydrogen) atoms. The number of nitrogens with two attached hydrogens (primary N) is 1. The first-order chi connectivity index (χ1) is 9.43. The first-order valence-electron chi connectivity index (χ1n) is 6.37. The molecule has 1 rings (SSSR count). The topological polar surface area (TPSA) is 84.2 Å². The zero-order valence-corrected chi connectivity index (χ0v) is 12.8. The zero-order valence-electron chi connectivity index (χ0n) is 12.0. The molecular formula is C14H21N3O2S. The monoisotopic (exact) mass is 295 g/mol. The van der Waals surface area contributed by atoms with Crippen LogP contribution in [-0.4, -0.2) is 29.9 Å². The van der Waals surface area contributed by atoms with Gasteiger partial charge in [-0.15, -0.1) is 0 Å². The summed E-state index contributed by atoms with van der Waals surface area (Å²) < 4.78 is 0. The maximum absolute atomic E-state index is 11.9. The van der Waals surface area contributed by atoms with Crippen LogP contribution in [0.1, 0.15) is 18.9 Å². The van der Waals surface area contributed by atoms with E-state index in [0.29, 0.717) is 12.1 Å². The number of rotatable bonds is 6. The SMILES string of the molecule is CSCC[C@H](N)C(=O)Nc1ccc(NC(C)=O)c(C)c1. The van der Waals surface area contributed by atoms with Gasteiger partial charge in [-0.3, -0.25) is 9.59 Å². The third-order valence-corrected chi connectivity index (χ3v) is 3.42. The van der Waals surface area contributed by atoms with Gasteiger partial charge in [0.25, 0.3) is 0 Å². The van der Waals surface area contributed by atoms with Gasteiger partial charge in [-0.25, -0.2) is 0 Å². The molecule has 0 radical (unpaired) electrons. The summed E-state index contributed by atoms with van der Waals surface area (Å²) in [5.74, 6) is 0.546. The summed E-state index contributed by atoms with van der Waals surface area (Å²) in [5.41, 5.74) is 8.11. The van der Waals surface area contributed by atoms with Crippen molar-refractivity contribution in [3.8, 4) is 0 Å². The van der Waals surface area contributed by atoms with Gasteiger partial charge in [-0.1, -0.05) is 0 Å². The second-order valence-electron chi connectivity index (χ2n) is 4.59. The summed E-state index contributed by atoms with van der Waals surface area (Å²) in [6.07, 6.45) is 2.63. The molecule has 0 saturated heterocycles. The molecule has 0 unspecified atom stereocenters. The molecule has 0 bridgehead atoms. The van der Waals surface area contributed by atoms with Gasteiger partial charge < -0.3 is 16.4 Å². The fourth-order valence-corrected chi connectivity index (χ4v) is 2.17. The van der Waals surface area contributed by atoms with E-state index in [2.05, 4.69) is 10.6 Å². The van der Waals surface area contributed by atoms with Gasteiger partial charge in [0.05, 0.1) is 6.04 Å². The predicted octanol–water partition coefficient (Wildman–Crippen LogP) is 1.97. The lowest BCUT2D eigenvalue weighted by molar-refractivity contribution is -0.117. The van der Waals surface area contributed by atoms with Crippen LogP contribution in [0.4, 0.5) is 11.4 Å². The molecular weight excluding hydrogens is 274 g/mol. The maximum Gasteiger partial charge on any atom is 0.241 e. The molecule has 0 saturated carbocycles. The van der Waals surface area contributed by atoms with E-state index in [4.69, 9.17) is 5.73 Å². The van der Waals surface area contributed by atoms with Crippen LogP contribution in [0.15, 0.2) is 18.2 Å². The second-order valence-corrected chi connectivity index (χ2v) is 5.57.